The van der Waals surface area contributed by atoms with E-state index in [9.17, 15) is 13.6 Å². The fourth-order valence-electron chi connectivity index (χ4n) is 3.84. The van der Waals surface area contributed by atoms with Gasteiger partial charge in [-0.1, -0.05) is 35.3 Å². The van der Waals surface area contributed by atoms with Crippen molar-refractivity contribution in [2.45, 2.75) is 31.7 Å². The number of rotatable bonds is 9. The Morgan fingerprint density at radius 3 is 2.65 bits per heavy atom. The molecular weight excluding hydrogens is 457 g/mol. The summed E-state index contributed by atoms with van der Waals surface area (Å²) in [6.45, 7) is 2.01. The maximum Gasteiger partial charge on any atom is 0.261 e. The van der Waals surface area contributed by atoms with E-state index in [4.69, 9.17) is 23.2 Å². The number of hydrogen-bond donors (Lipinski definition) is 2. The quantitative estimate of drug-likeness (QED) is 0.518. The van der Waals surface area contributed by atoms with E-state index in [0.29, 0.717) is 40.3 Å². The molecule has 2 aromatic carbocycles. The highest BCUT2D eigenvalue weighted by Gasteiger charge is 2.20. The van der Waals surface area contributed by atoms with Crippen LogP contribution in [0.2, 0.25) is 10.0 Å². The van der Waals surface area contributed by atoms with Gasteiger partial charge < -0.3 is 10.2 Å². The van der Waals surface area contributed by atoms with E-state index in [1.54, 1.807) is 36.4 Å². The van der Waals surface area contributed by atoms with Gasteiger partial charge in [-0.25, -0.2) is 4.21 Å². The summed E-state index contributed by atoms with van der Waals surface area (Å²) in [6, 6.07) is 12.5. The molecule has 2 atom stereocenters. The monoisotopic (exact) mass is 483 g/mol. The first-order valence-corrected chi connectivity index (χ1v) is 12.1. The standard InChI is InChI=1S/C22H27Cl2N3O3S/c1-26-14-3-5-18(26)11-13-25-22(28)17-7-9-19(10-8-17)27(31(29)30)15-12-16-4-2-6-20(23)21(16)24/h2,4,6-10,18H,3,5,11-15H2,1H3,(H,25,28)(H,29,30). The number of anilines is 1. The van der Waals surface area contributed by atoms with Crippen LogP contribution in [0.15, 0.2) is 42.5 Å². The highest BCUT2D eigenvalue weighted by atomic mass is 35.5. The molecule has 168 valence electrons. The third-order valence-corrected chi connectivity index (χ3v) is 7.28. The van der Waals surface area contributed by atoms with Gasteiger partial charge in [-0.15, -0.1) is 0 Å². The Morgan fingerprint density at radius 1 is 1.26 bits per heavy atom. The minimum atomic E-state index is -2.22. The van der Waals surface area contributed by atoms with Crippen molar-refractivity contribution >= 4 is 46.1 Å². The van der Waals surface area contributed by atoms with E-state index >= 15 is 0 Å². The van der Waals surface area contributed by atoms with Crippen LogP contribution in [0, 0.1) is 0 Å². The van der Waals surface area contributed by atoms with E-state index in [0.717, 1.165) is 18.5 Å². The normalized spacial score (nSPS) is 17.5. The lowest BCUT2D eigenvalue weighted by molar-refractivity contribution is 0.0950. The molecule has 9 heteroatoms. The molecule has 1 fully saturated rings. The smallest absolute Gasteiger partial charge is 0.261 e. The van der Waals surface area contributed by atoms with Gasteiger partial charge in [-0.05, 0) is 75.2 Å². The van der Waals surface area contributed by atoms with Crippen molar-refractivity contribution < 1.29 is 13.6 Å². The van der Waals surface area contributed by atoms with E-state index in [1.807, 2.05) is 6.07 Å². The maximum absolute atomic E-state index is 12.4. The number of amides is 1. The Kier molecular flexibility index (Phi) is 8.75. The summed E-state index contributed by atoms with van der Waals surface area (Å²) in [5.74, 6) is -0.144. The predicted octanol–water partition coefficient (Wildman–Crippen LogP) is 4.39. The maximum atomic E-state index is 12.4. The van der Waals surface area contributed by atoms with E-state index in [-0.39, 0.29) is 12.5 Å². The molecule has 1 saturated heterocycles. The molecule has 2 aromatic rings. The summed E-state index contributed by atoms with van der Waals surface area (Å²) < 4.78 is 23.0. The van der Waals surface area contributed by atoms with Gasteiger partial charge in [0.1, 0.15) is 0 Å². The molecular formula is C22H27Cl2N3O3S. The molecule has 31 heavy (non-hydrogen) atoms. The zero-order valence-electron chi connectivity index (χ0n) is 17.4. The van der Waals surface area contributed by atoms with E-state index in [2.05, 4.69) is 17.3 Å². The van der Waals surface area contributed by atoms with Gasteiger partial charge in [-0.3, -0.25) is 13.7 Å². The van der Waals surface area contributed by atoms with Gasteiger partial charge in [0.05, 0.1) is 15.7 Å². The van der Waals surface area contributed by atoms with Crippen LogP contribution in [0.4, 0.5) is 5.69 Å². The Balaban J connectivity index is 1.57. The van der Waals surface area contributed by atoms with Crippen molar-refractivity contribution in [3.8, 4) is 0 Å². The van der Waals surface area contributed by atoms with Crippen molar-refractivity contribution in [2.24, 2.45) is 0 Å². The van der Waals surface area contributed by atoms with Crippen LogP contribution in [0.5, 0.6) is 0 Å². The average Bonchev–Trinajstić information content (AvgIpc) is 3.16. The lowest BCUT2D eigenvalue weighted by Crippen LogP contribution is -2.32. The molecule has 2 N–H and O–H groups in total. The Hall–Kier alpha value is -1.64. The SMILES string of the molecule is CN1CCCC1CCNC(=O)c1ccc(N(CCc2cccc(Cl)c2Cl)S(=O)O)cc1. The van der Waals surface area contributed by atoms with Crippen molar-refractivity contribution in [1.29, 1.82) is 0 Å². The third kappa shape index (κ3) is 6.43. The fraction of sp³-hybridized carbons (Fsp3) is 0.409. The molecule has 0 bridgehead atoms. The first-order valence-electron chi connectivity index (χ1n) is 10.3. The zero-order chi connectivity index (χ0) is 22.4. The van der Waals surface area contributed by atoms with Crippen LogP contribution in [0.1, 0.15) is 35.2 Å². The molecule has 0 spiro atoms. The molecule has 0 aliphatic carbocycles. The van der Waals surface area contributed by atoms with E-state index < -0.39 is 11.3 Å². The number of benzene rings is 2. The van der Waals surface area contributed by atoms with Crippen molar-refractivity contribution in [1.82, 2.24) is 10.2 Å². The van der Waals surface area contributed by atoms with Gasteiger partial charge >= 0.3 is 0 Å². The second-order valence-corrected chi connectivity index (χ2v) is 9.35. The largest absolute Gasteiger partial charge is 0.352 e. The molecule has 3 rings (SSSR count). The summed E-state index contributed by atoms with van der Waals surface area (Å²) in [4.78, 5) is 14.8. The minimum Gasteiger partial charge on any atom is -0.352 e. The Labute approximate surface area is 195 Å². The summed E-state index contributed by atoms with van der Waals surface area (Å²) in [7, 11) is 2.12. The summed E-state index contributed by atoms with van der Waals surface area (Å²) >= 11 is 10.0. The number of halogens is 2. The van der Waals surface area contributed by atoms with Gasteiger partial charge in [-0.2, -0.15) is 0 Å². The average molecular weight is 484 g/mol. The van der Waals surface area contributed by atoms with Gasteiger partial charge in [0.2, 0.25) is 0 Å². The number of nitrogens with one attached hydrogen (secondary N) is 1. The highest BCUT2D eigenvalue weighted by molar-refractivity contribution is 7.80. The lowest BCUT2D eigenvalue weighted by Gasteiger charge is -2.21. The number of carbonyl (C=O) groups excluding carboxylic acids is 1. The van der Waals surface area contributed by atoms with Gasteiger partial charge in [0, 0.05) is 24.7 Å². The van der Waals surface area contributed by atoms with Crippen LogP contribution >= 0.6 is 23.2 Å². The Morgan fingerprint density at radius 2 is 2.00 bits per heavy atom. The number of nitrogens with zero attached hydrogens (tertiary/aromatic N) is 2. The van der Waals surface area contributed by atoms with Crippen LogP contribution < -0.4 is 9.62 Å². The molecule has 0 radical (unpaired) electrons. The van der Waals surface area contributed by atoms with Crippen LogP contribution in [-0.2, 0) is 17.7 Å². The summed E-state index contributed by atoms with van der Waals surface area (Å²) in [6.07, 6.45) is 3.77. The van der Waals surface area contributed by atoms with Gasteiger partial charge in [0.25, 0.3) is 17.2 Å². The molecule has 1 aliphatic rings. The molecule has 0 aromatic heterocycles. The van der Waals surface area contributed by atoms with Crippen LogP contribution in [0.3, 0.4) is 0 Å². The number of carbonyl (C=O) groups is 1. The minimum absolute atomic E-state index is 0.144. The predicted molar refractivity (Wildman–Crippen MR) is 127 cm³/mol. The first kappa shape index (κ1) is 24.0. The second kappa shape index (κ2) is 11.3. The van der Waals surface area contributed by atoms with E-state index in [1.165, 1.54) is 17.1 Å². The molecule has 2 unspecified atom stereocenters. The number of hydrogen-bond acceptors (Lipinski definition) is 3. The van der Waals surface area contributed by atoms with Crippen molar-refractivity contribution in [3.05, 3.63) is 63.6 Å². The van der Waals surface area contributed by atoms with Crippen LogP contribution in [0.25, 0.3) is 0 Å². The summed E-state index contributed by atoms with van der Waals surface area (Å²) in [5, 5.41) is 3.86. The van der Waals surface area contributed by atoms with Crippen molar-refractivity contribution in [2.75, 3.05) is 31.0 Å². The molecule has 1 heterocycles. The molecule has 6 nitrogen and oxygen atoms in total. The molecule has 1 amide bonds. The number of likely N-dealkylation sites (tertiary alicyclic amines) is 1. The Bertz CT molecular complexity index is 927. The highest BCUT2D eigenvalue weighted by Crippen LogP contribution is 2.27. The van der Waals surface area contributed by atoms with Crippen molar-refractivity contribution in [3.63, 3.8) is 0 Å². The first-order chi connectivity index (χ1) is 14.9. The lowest BCUT2D eigenvalue weighted by atomic mass is 10.1. The topological polar surface area (TPSA) is 72.9 Å². The third-order valence-electron chi connectivity index (χ3n) is 5.66. The second-order valence-electron chi connectivity index (χ2n) is 7.66. The van der Waals surface area contributed by atoms with Gasteiger partial charge in [0.15, 0.2) is 0 Å². The fourth-order valence-corrected chi connectivity index (χ4v) is 4.80. The van der Waals surface area contributed by atoms with Crippen LogP contribution in [-0.4, -0.2) is 52.3 Å². The molecule has 1 aliphatic heterocycles. The summed E-state index contributed by atoms with van der Waals surface area (Å²) in [5.41, 5.74) is 1.86. The zero-order valence-corrected chi connectivity index (χ0v) is 19.7. The molecule has 0 saturated carbocycles.